The molecule has 0 spiro atoms. The highest BCUT2D eigenvalue weighted by molar-refractivity contribution is 7.99. The fourth-order valence-electron chi connectivity index (χ4n) is 3.96. The monoisotopic (exact) mass is 562 g/mol. The van der Waals surface area contributed by atoms with E-state index in [1.807, 2.05) is 81.4 Å². The molecule has 1 aliphatic heterocycles. The maximum absolute atomic E-state index is 12.5. The summed E-state index contributed by atoms with van der Waals surface area (Å²) < 4.78 is 16.3. The first-order valence-electron chi connectivity index (χ1n) is 12.6. The van der Waals surface area contributed by atoms with Crippen LogP contribution in [0.25, 0.3) is 0 Å². The van der Waals surface area contributed by atoms with Crippen molar-refractivity contribution < 1.29 is 14.3 Å². The molecule has 1 aliphatic rings. The van der Waals surface area contributed by atoms with Gasteiger partial charge in [0.15, 0.2) is 11.6 Å². The van der Waals surface area contributed by atoms with Gasteiger partial charge in [0, 0.05) is 58.3 Å². The van der Waals surface area contributed by atoms with Crippen LogP contribution in [0, 0.1) is 0 Å². The van der Waals surface area contributed by atoms with Crippen molar-refractivity contribution in [3.63, 3.8) is 0 Å². The number of pyridine rings is 1. The van der Waals surface area contributed by atoms with Crippen molar-refractivity contribution in [1.29, 1.82) is 0 Å². The van der Waals surface area contributed by atoms with Gasteiger partial charge < -0.3 is 25.4 Å². The van der Waals surface area contributed by atoms with E-state index in [9.17, 15) is 4.79 Å². The van der Waals surface area contributed by atoms with Crippen molar-refractivity contribution in [2.24, 2.45) is 0 Å². The Morgan fingerprint density at radius 3 is 2.64 bits per heavy atom. The highest BCUT2D eigenvalue weighted by atomic mass is 32.2. The van der Waals surface area contributed by atoms with Gasteiger partial charge in [0.05, 0.1) is 0 Å². The minimum Gasteiger partial charge on any atom is -0.453 e. The van der Waals surface area contributed by atoms with E-state index in [-0.39, 0.29) is 12.0 Å². The SMILES string of the molecule is CC(C)(C)OC(=O)N1CCC(c2nsc(Nc3ncc(Sc4ccc(N)cc4)cc3Oc3ccccc3)n2)C1. The summed E-state index contributed by atoms with van der Waals surface area (Å²) in [7, 11) is 0. The Hall–Kier alpha value is -3.83. The molecule has 2 aromatic carbocycles. The second kappa shape index (κ2) is 11.5. The van der Waals surface area contributed by atoms with E-state index in [0.29, 0.717) is 41.4 Å². The third-order valence-corrected chi connectivity index (χ3v) is 7.40. The normalized spacial score (nSPS) is 15.3. The van der Waals surface area contributed by atoms with Crippen LogP contribution in [-0.2, 0) is 4.74 Å². The second-order valence-corrected chi connectivity index (χ2v) is 12.0. The van der Waals surface area contributed by atoms with Gasteiger partial charge in [-0.3, -0.25) is 0 Å². The number of para-hydroxylation sites is 1. The first-order valence-corrected chi connectivity index (χ1v) is 14.2. The second-order valence-electron chi connectivity index (χ2n) is 10.1. The Bertz CT molecular complexity index is 1420. The average Bonchev–Trinajstić information content (AvgIpc) is 3.57. The molecular formula is C28H30N6O3S2. The van der Waals surface area contributed by atoms with Gasteiger partial charge in [-0.25, -0.2) is 14.8 Å². The predicted molar refractivity (Wildman–Crippen MR) is 154 cm³/mol. The predicted octanol–water partition coefficient (Wildman–Crippen LogP) is 6.93. The lowest BCUT2D eigenvalue weighted by Gasteiger charge is -2.24. The summed E-state index contributed by atoms with van der Waals surface area (Å²) in [5.74, 6) is 2.55. The maximum atomic E-state index is 12.5. The van der Waals surface area contributed by atoms with Crippen LogP contribution in [0.1, 0.15) is 38.9 Å². The number of hydrogen-bond donors (Lipinski definition) is 2. The molecule has 9 nitrogen and oxygen atoms in total. The lowest BCUT2D eigenvalue weighted by atomic mass is 10.1. The van der Waals surface area contributed by atoms with Crippen molar-refractivity contribution in [3.8, 4) is 11.5 Å². The van der Waals surface area contributed by atoms with Crippen LogP contribution in [0.15, 0.2) is 76.7 Å². The molecule has 1 saturated heterocycles. The molecule has 0 saturated carbocycles. The Labute approximate surface area is 235 Å². The number of amides is 1. The number of nitrogens with one attached hydrogen (secondary N) is 1. The molecule has 0 aliphatic carbocycles. The molecule has 0 radical (unpaired) electrons. The summed E-state index contributed by atoms with van der Waals surface area (Å²) >= 11 is 2.82. The molecule has 1 unspecified atom stereocenters. The zero-order chi connectivity index (χ0) is 27.4. The number of nitrogens with zero attached hydrogens (tertiary/aromatic N) is 4. The zero-order valence-corrected chi connectivity index (χ0v) is 23.6. The van der Waals surface area contributed by atoms with Crippen LogP contribution in [0.3, 0.4) is 0 Å². The van der Waals surface area contributed by atoms with Crippen molar-refractivity contribution in [3.05, 3.63) is 72.7 Å². The zero-order valence-electron chi connectivity index (χ0n) is 22.0. The number of nitrogens with two attached hydrogens (primary N) is 1. The van der Waals surface area contributed by atoms with Crippen LogP contribution >= 0.6 is 23.3 Å². The largest absolute Gasteiger partial charge is 0.453 e. The third-order valence-electron chi connectivity index (χ3n) is 5.79. The number of anilines is 3. The molecule has 11 heteroatoms. The summed E-state index contributed by atoms with van der Waals surface area (Å²) in [6, 6.07) is 19.2. The smallest absolute Gasteiger partial charge is 0.410 e. The van der Waals surface area contributed by atoms with Crippen LogP contribution in [0.4, 0.5) is 21.4 Å². The topological polar surface area (TPSA) is 115 Å². The summed E-state index contributed by atoms with van der Waals surface area (Å²) in [6.07, 6.45) is 2.27. The van der Waals surface area contributed by atoms with Gasteiger partial charge in [0.1, 0.15) is 17.2 Å². The molecule has 4 aromatic rings. The number of carbonyl (C=O) groups excluding carboxylic acids is 1. The van der Waals surface area contributed by atoms with Crippen LogP contribution in [-0.4, -0.2) is 44.0 Å². The summed E-state index contributed by atoms with van der Waals surface area (Å²) in [5.41, 5.74) is 6.02. The number of ether oxygens (including phenoxy) is 2. The molecular weight excluding hydrogens is 532 g/mol. The van der Waals surface area contributed by atoms with E-state index in [2.05, 4.69) is 14.7 Å². The molecule has 202 valence electrons. The van der Waals surface area contributed by atoms with Crippen molar-refractivity contribution >= 4 is 46.0 Å². The number of likely N-dealkylation sites (tertiary alicyclic amines) is 1. The van der Waals surface area contributed by atoms with E-state index in [1.165, 1.54) is 11.5 Å². The van der Waals surface area contributed by atoms with E-state index in [1.54, 1.807) is 22.9 Å². The molecule has 1 amide bonds. The summed E-state index contributed by atoms with van der Waals surface area (Å²) in [5, 5.41) is 3.88. The number of hydrogen-bond acceptors (Lipinski definition) is 10. The third kappa shape index (κ3) is 7.18. The van der Waals surface area contributed by atoms with Gasteiger partial charge in [-0.05, 0) is 63.6 Å². The fraction of sp³-hybridized carbons (Fsp3) is 0.286. The fourth-order valence-corrected chi connectivity index (χ4v) is 5.42. The van der Waals surface area contributed by atoms with Crippen molar-refractivity contribution in [2.45, 2.75) is 48.5 Å². The number of aromatic nitrogens is 3. The van der Waals surface area contributed by atoms with Gasteiger partial charge in [0.2, 0.25) is 5.13 Å². The van der Waals surface area contributed by atoms with Gasteiger partial charge in [-0.1, -0.05) is 30.0 Å². The van der Waals surface area contributed by atoms with E-state index >= 15 is 0 Å². The Balaban J connectivity index is 1.31. The molecule has 0 bridgehead atoms. The first-order chi connectivity index (χ1) is 18.7. The maximum Gasteiger partial charge on any atom is 0.410 e. The number of carbonyl (C=O) groups is 1. The number of benzene rings is 2. The number of nitrogen functional groups attached to an aromatic ring is 1. The number of rotatable bonds is 7. The quantitative estimate of drug-likeness (QED) is 0.231. The molecule has 3 N–H and O–H groups in total. The van der Waals surface area contributed by atoms with Gasteiger partial charge in [-0.15, -0.1) is 0 Å². The Morgan fingerprint density at radius 1 is 1.13 bits per heavy atom. The lowest BCUT2D eigenvalue weighted by Crippen LogP contribution is -2.35. The van der Waals surface area contributed by atoms with Crippen LogP contribution in [0.5, 0.6) is 11.5 Å². The van der Waals surface area contributed by atoms with E-state index in [4.69, 9.17) is 20.2 Å². The molecule has 3 heterocycles. The van der Waals surface area contributed by atoms with Crippen molar-refractivity contribution in [2.75, 3.05) is 24.1 Å². The molecule has 39 heavy (non-hydrogen) atoms. The first kappa shape index (κ1) is 26.8. The van der Waals surface area contributed by atoms with Crippen molar-refractivity contribution in [1.82, 2.24) is 19.2 Å². The van der Waals surface area contributed by atoms with Crippen LogP contribution in [0.2, 0.25) is 0 Å². The van der Waals surface area contributed by atoms with Gasteiger partial charge in [0.25, 0.3) is 0 Å². The Morgan fingerprint density at radius 2 is 1.90 bits per heavy atom. The Kier molecular flexibility index (Phi) is 7.89. The average molecular weight is 563 g/mol. The lowest BCUT2D eigenvalue weighted by molar-refractivity contribution is 0.0292. The van der Waals surface area contributed by atoms with Gasteiger partial charge in [-0.2, -0.15) is 4.37 Å². The molecule has 2 aromatic heterocycles. The van der Waals surface area contributed by atoms with Crippen LogP contribution < -0.4 is 15.8 Å². The minimum absolute atomic E-state index is 0.0519. The molecule has 1 fully saturated rings. The highest BCUT2D eigenvalue weighted by Gasteiger charge is 2.32. The minimum atomic E-state index is -0.527. The molecule has 5 rings (SSSR count). The standard InChI is InChI=1S/C28H30N6O3S2/c1-28(2,3)37-27(35)34-14-13-18(17-34)24-31-26(39-33-24)32-25-23(36-20-7-5-4-6-8-20)15-22(16-30-25)38-21-11-9-19(29)10-12-21/h4-12,15-16,18H,13-14,17,29H2,1-3H3,(H,30,31,32,33). The molecule has 1 atom stereocenters. The summed E-state index contributed by atoms with van der Waals surface area (Å²) in [6.45, 7) is 6.75. The van der Waals surface area contributed by atoms with Gasteiger partial charge >= 0.3 is 6.09 Å². The van der Waals surface area contributed by atoms with E-state index in [0.717, 1.165) is 21.9 Å². The summed E-state index contributed by atoms with van der Waals surface area (Å²) in [4.78, 5) is 25.5. The van der Waals surface area contributed by atoms with E-state index < -0.39 is 5.60 Å². The highest BCUT2D eigenvalue weighted by Crippen LogP contribution is 2.37.